The fraction of sp³-hybridized carbons (Fsp3) is 0.391. The van der Waals surface area contributed by atoms with Crippen molar-refractivity contribution in [1.82, 2.24) is 13.9 Å². The Balaban J connectivity index is 1.47. The predicted molar refractivity (Wildman–Crippen MR) is 122 cm³/mol. The summed E-state index contributed by atoms with van der Waals surface area (Å²) in [6.45, 7) is 2.61. The molecule has 0 aliphatic carbocycles. The van der Waals surface area contributed by atoms with Gasteiger partial charge in [0, 0.05) is 25.6 Å². The lowest BCUT2D eigenvalue weighted by Gasteiger charge is -2.31. The summed E-state index contributed by atoms with van der Waals surface area (Å²) < 4.78 is 68.9. The normalized spacial score (nSPS) is 16.1. The first-order valence-electron chi connectivity index (χ1n) is 11.1. The van der Waals surface area contributed by atoms with E-state index in [2.05, 4.69) is 10.3 Å². The standard InChI is InChI=1S/C23H25F3N4O3S/c1-2-13-30-19-9-5-4-8-18(19)27-22(30)28-21(31)16-11-14-29(15-12-16)34(32,33)20-10-6-3-7-17(20)23(24,25)26/h3-10,16H,2,11-15H2,1H3,(H,27,28,31). The number of hydrogen-bond donors (Lipinski definition) is 1. The van der Waals surface area contributed by atoms with Crippen molar-refractivity contribution in [2.45, 2.75) is 43.8 Å². The summed E-state index contributed by atoms with van der Waals surface area (Å²) >= 11 is 0. The summed E-state index contributed by atoms with van der Waals surface area (Å²) in [7, 11) is -4.35. The number of halogens is 3. The molecule has 2 aromatic carbocycles. The topological polar surface area (TPSA) is 84.3 Å². The lowest BCUT2D eigenvalue weighted by molar-refractivity contribution is -0.139. The number of carbonyl (C=O) groups is 1. The van der Waals surface area contributed by atoms with Crippen LogP contribution in [0.2, 0.25) is 0 Å². The average molecular weight is 495 g/mol. The first-order valence-corrected chi connectivity index (χ1v) is 12.5. The molecule has 1 amide bonds. The number of nitrogens with zero attached hydrogens (tertiary/aromatic N) is 3. The van der Waals surface area contributed by atoms with E-state index >= 15 is 0 Å². The Morgan fingerprint density at radius 1 is 1.09 bits per heavy atom. The van der Waals surface area contributed by atoms with Crippen LogP contribution in [-0.4, -0.2) is 41.3 Å². The van der Waals surface area contributed by atoms with Crippen molar-refractivity contribution in [3.63, 3.8) is 0 Å². The third-order valence-corrected chi connectivity index (χ3v) is 7.93. The Kier molecular flexibility index (Phi) is 6.68. The van der Waals surface area contributed by atoms with Gasteiger partial charge in [0.25, 0.3) is 0 Å². The van der Waals surface area contributed by atoms with E-state index in [1.807, 2.05) is 35.8 Å². The lowest BCUT2D eigenvalue weighted by atomic mass is 9.97. The number of aryl methyl sites for hydroxylation is 1. The molecule has 7 nitrogen and oxygen atoms in total. The van der Waals surface area contributed by atoms with Crippen molar-refractivity contribution in [2.75, 3.05) is 18.4 Å². The van der Waals surface area contributed by atoms with Crippen LogP contribution in [0.3, 0.4) is 0 Å². The molecule has 11 heteroatoms. The number of sulfonamides is 1. The molecule has 0 spiro atoms. The summed E-state index contributed by atoms with van der Waals surface area (Å²) in [5.41, 5.74) is 0.476. The van der Waals surface area contributed by atoms with Crippen LogP contribution in [0.4, 0.5) is 19.1 Å². The van der Waals surface area contributed by atoms with Crippen LogP contribution in [0.5, 0.6) is 0 Å². The van der Waals surface area contributed by atoms with Gasteiger partial charge in [-0.15, -0.1) is 0 Å². The SMILES string of the molecule is CCCn1c(NC(=O)C2CCN(S(=O)(=O)c3ccccc3C(F)(F)F)CC2)nc2ccccc21. The molecule has 3 aromatic rings. The Labute approximate surface area is 195 Å². The third kappa shape index (κ3) is 4.67. The maximum Gasteiger partial charge on any atom is 0.417 e. The minimum Gasteiger partial charge on any atom is -0.310 e. The summed E-state index contributed by atoms with van der Waals surface area (Å²) in [6, 6.07) is 11.7. The van der Waals surface area contributed by atoms with Crippen molar-refractivity contribution in [1.29, 1.82) is 0 Å². The van der Waals surface area contributed by atoms with Crippen LogP contribution < -0.4 is 5.32 Å². The van der Waals surface area contributed by atoms with Gasteiger partial charge in [-0.3, -0.25) is 10.1 Å². The number of amides is 1. The molecular weight excluding hydrogens is 469 g/mol. The van der Waals surface area contributed by atoms with E-state index in [0.717, 1.165) is 40.0 Å². The average Bonchev–Trinajstić information content (AvgIpc) is 3.16. The van der Waals surface area contributed by atoms with Gasteiger partial charge in [0.2, 0.25) is 21.9 Å². The summed E-state index contributed by atoms with van der Waals surface area (Å²) in [6.07, 6.45) is -3.54. The highest BCUT2D eigenvalue weighted by Crippen LogP contribution is 2.36. The summed E-state index contributed by atoms with van der Waals surface area (Å²) in [5, 5.41) is 2.86. The molecule has 182 valence electrons. The zero-order valence-electron chi connectivity index (χ0n) is 18.5. The fourth-order valence-electron chi connectivity index (χ4n) is 4.26. The monoisotopic (exact) mass is 494 g/mol. The van der Waals surface area contributed by atoms with E-state index < -0.39 is 32.6 Å². The molecule has 0 saturated carbocycles. The molecule has 1 saturated heterocycles. The Morgan fingerprint density at radius 2 is 1.74 bits per heavy atom. The smallest absolute Gasteiger partial charge is 0.310 e. The van der Waals surface area contributed by atoms with Gasteiger partial charge in [0.15, 0.2) is 0 Å². The number of fused-ring (bicyclic) bond motifs is 1. The van der Waals surface area contributed by atoms with E-state index in [-0.39, 0.29) is 31.8 Å². The van der Waals surface area contributed by atoms with Gasteiger partial charge < -0.3 is 4.57 Å². The first kappa shape index (κ1) is 24.2. The van der Waals surface area contributed by atoms with Crippen LogP contribution in [0, 0.1) is 5.92 Å². The van der Waals surface area contributed by atoms with Crippen molar-refractivity contribution >= 4 is 32.9 Å². The molecule has 2 heterocycles. The maximum atomic E-state index is 13.3. The van der Waals surface area contributed by atoms with Crippen LogP contribution in [0.1, 0.15) is 31.7 Å². The second-order valence-electron chi connectivity index (χ2n) is 8.24. The highest BCUT2D eigenvalue weighted by atomic mass is 32.2. The van der Waals surface area contributed by atoms with Crippen LogP contribution in [0.15, 0.2) is 53.4 Å². The van der Waals surface area contributed by atoms with Crippen LogP contribution in [-0.2, 0) is 27.5 Å². The molecule has 0 unspecified atom stereocenters. The van der Waals surface area contributed by atoms with Gasteiger partial charge >= 0.3 is 6.18 Å². The molecule has 0 bridgehead atoms. The number of nitrogens with one attached hydrogen (secondary N) is 1. The number of piperidine rings is 1. The molecule has 4 rings (SSSR count). The van der Waals surface area contributed by atoms with Crippen LogP contribution in [0.25, 0.3) is 11.0 Å². The van der Waals surface area contributed by atoms with E-state index in [0.29, 0.717) is 12.5 Å². The number of benzene rings is 2. The van der Waals surface area contributed by atoms with Gasteiger partial charge in [-0.1, -0.05) is 31.2 Å². The fourth-order valence-corrected chi connectivity index (χ4v) is 5.94. The highest BCUT2D eigenvalue weighted by Gasteiger charge is 2.40. The molecule has 0 atom stereocenters. The number of aromatic nitrogens is 2. The minimum atomic E-state index is -4.79. The van der Waals surface area contributed by atoms with Crippen molar-refractivity contribution in [2.24, 2.45) is 5.92 Å². The lowest BCUT2D eigenvalue weighted by Crippen LogP contribution is -2.42. The Bertz CT molecular complexity index is 1300. The molecule has 1 aliphatic rings. The molecule has 0 radical (unpaired) electrons. The summed E-state index contributed by atoms with van der Waals surface area (Å²) in [5.74, 6) is -0.318. The second kappa shape index (κ2) is 9.38. The summed E-state index contributed by atoms with van der Waals surface area (Å²) in [4.78, 5) is 16.7. The number of imidazole rings is 1. The molecular formula is C23H25F3N4O3S. The molecule has 1 fully saturated rings. The number of alkyl halides is 3. The first-order chi connectivity index (χ1) is 16.1. The number of hydrogen-bond acceptors (Lipinski definition) is 4. The van der Waals surface area contributed by atoms with Crippen molar-refractivity contribution in [3.8, 4) is 0 Å². The molecule has 34 heavy (non-hydrogen) atoms. The molecule has 1 aromatic heterocycles. The second-order valence-corrected chi connectivity index (χ2v) is 10.1. The van der Waals surface area contributed by atoms with Crippen molar-refractivity contribution < 1.29 is 26.4 Å². The van der Waals surface area contributed by atoms with Crippen LogP contribution >= 0.6 is 0 Å². The largest absolute Gasteiger partial charge is 0.417 e. The van der Waals surface area contributed by atoms with Crippen molar-refractivity contribution in [3.05, 3.63) is 54.1 Å². The predicted octanol–water partition coefficient (Wildman–Crippen LogP) is 4.50. The minimum absolute atomic E-state index is 0.0437. The zero-order chi connectivity index (χ0) is 24.5. The third-order valence-electron chi connectivity index (χ3n) is 5.97. The number of carbonyl (C=O) groups excluding carboxylic acids is 1. The van der Waals surface area contributed by atoms with E-state index in [9.17, 15) is 26.4 Å². The van der Waals surface area contributed by atoms with E-state index in [4.69, 9.17) is 0 Å². The molecule has 1 N–H and O–H groups in total. The van der Waals surface area contributed by atoms with E-state index in [1.165, 1.54) is 6.07 Å². The van der Waals surface area contributed by atoms with Gasteiger partial charge in [-0.2, -0.15) is 17.5 Å². The van der Waals surface area contributed by atoms with Gasteiger partial charge in [0.1, 0.15) is 0 Å². The molecule has 1 aliphatic heterocycles. The zero-order valence-corrected chi connectivity index (χ0v) is 19.4. The van der Waals surface area contributed by atoms with Gasteiger partial charge in [-0.25, -0.2) is 13.4 Å². The highest BCUT2D eigenvalue weighted by molar-refractivity contribution is 7.89. The Morgan fingerprint density at radius 3 is 2.41 bits per heavy atom. The quantitative estimate of drug-likeness (QED) is 0.547. The number of para-hydroxylation sites is 2. The Hall–Kier alpha value is -2.92. The number of anilines is 1. The van der Waals surface area contributed by atoms with Gasteiger partial charge in [-0.05, 0) is 43.5 Å². The maximum absolute atomic E-state index is 13.3. The number of rotatable bonds is 6. The van der Waals surface area contributed by atoms with Gasteiger partial charge in [0.05, 0.1) is 21.5 Å². The van der Waals surface area contributed by atoms with E-state index in [1.54, 1.807) is 0 Å².